The molecule has 0 aromatic heterocycles. The fourth-order valence-electron chi connectivity index (χ4n) is 2.10. The van der Waals surface area contributed by atoms with E-state index in [1.54, 1.807) is 26.4 Å². The lowest BCUT2D eigenvalue weighted by Gasteiger charge is -2.16. The van der Waals surface area contributed by atoms with E-state index in [1.165, 1.54) is 0 Å². The average Bonchev–Trinajstić information content (AvgIpc) is 2.46. The summed E-state index contributed by atoms with van der Waals surface area (Å²) in [5, 5.41) is 10.5. The van der Waals surface area contributed by atoms with Crippen molar-refractivity contribution in [2.24, 2.45) is 0 Å². The van der Waals surface area contributed by atoms with Crippen molar-refractivity contribution in [3.63, 3.8) is 0 Å². The normalized spacial score (nSPS) is 12.0. The van der Waals surface area contributed by atoms with Gasteiger partial charge in [-0.25, -0.2) is 0 Å². The topological polar surface area (TPSA) is 38.7 Å². The van der Waals surface area contributed by atoms with E-state index >= 15 is 0 Å². The molecular formula is C16H18O3. The number of hydrogen-bond donors (Lipinski definition) is 1. The van der Waals surface area contributed by atoms with E-state index in [1.807, 2.05) is 37.3 Å². The number of methoxy groups -OCH3 is 2. The molecule has 0 aliphatic carbocycles. The first-order valence-corrected chi connectivity index (χ1v) is 6.13. The van der Waals surface area contributed by atoms with Crippen LogP contribution in [0, 0.1) is 6.92 Å². The van der Waals surface area contributed by atoms with E-state index in [0.717, 1.165) is 16.7 Å². The van der Waals surface area contributed by atoms with Gasteiger partial charge in [-0.2, -0.15) is 0 Å². The highest BCUT2D eigenvalue weighted by Gasteiger charge is 2.15. The quantitative estimate of drug-likeness (QED) is 0.915. The van der Waals surface area contributed by atoms with Gasteiger partial charge >= 0.3 is 0 Å². The molecule has 0 fully saturated rings. The van der Waals surface area contributed by atoms with E-state index in [0.29, 0.717) is 11.5 Å². The second kappa shape index (κ2) is 5.76. The third kappa shape index (κ3) is 2.71. The molecule has 0 aliphatic heterocycles. The van der Waals surface area contributed by atoms with Crippen LogP contribution in [0.15, 0.2) is 42.5 Å². The monoisotopic (exact) mass is 258 g/mol. The third-order valence-electron chi connectivity index (χ3n) is 3.21. The number of hydrogen-bond acceptors (Lipinski definition) is 3. The van der Waals surface area contributed by atoms with Gasteiger partial charge in [0, 0.05) is 0 Å². The highest BCUT2D eigenvalue weighted by molar-refractivity contribution is 5.46. The van der Waals surface area contributed by atoms with Crippen molar-refractivity contribution in [3.8, 4) is 11.5 Å². The van der Waals surface area contributed by atoms with E-state index in [-0.39, 0.29) is 0 Å². The van der Waals surface area contributed by atoms with Crippen LogP contribution in [0.25, 0.3) is 0 Å². The smallest absolute Gasteiger partial charge is 0.161 e. The van der Waals surface area contributed by atoms with Crippen molar-refractivity contribution in [1.29, 1.82) is 0 Å². The molecule has 0 bridgehead atoms. The minimum absolute atomic E-state index is 0.618. The molecule has 0 saturated carbocycles. The van der Waals surface area contributed by atoms with Crippen LogP contribution in [0.5, 0.6) is 11.5 Å². The fourth-order valence-corrected chi connectivity index (χ4v) is 2.10. The zero-order chi connectivity index (χ0) is 13.8. The lowest BCUT2D eigenvalue weighted by molar-refractivity contribution is 0.218. The molecule has 3 heteroatoms. The first-order valence-electron chi connectivity index (χ1n) is 6.13. The predicted octanol–water partition coefficient (Wildman–Crippen LogP) is 3.09. The summed E-state index contributed by atoms with van der Waals surface area (Å²) in [5.74, 6) is 1.27. The zero-order valence-corrected chi connectivity index (χ0v) is 11.4. The maximum Gasteiger partial charge on any atom is 0.161 e. The van der Waals surface area contributed by atoms with Crippen molar-refractivity contribution in [2.75, 3.05) is 14.2 Å². The number of aryl methyl sites for hydroxylation is 1. The summed E-state index contributed by atoms with van der Waals surface area (Å²) in [6.07, 6.45) is -0.666. The van der Waals surface area contributed by atoms with Crippen LogP contribution in [0.4, 0.5) is 0 Å². The van der Waals surface area contributed by atoms with Gasteiger partial charge in [0.05, 0.1) is 14.2 Å². The molecule has 0 aliphatic rings. The molecule has 2 rings (SSSR count). The molecular weight excluding hydrogens is 240 g/mol. The van der Waals surface area contributed by atoms with E-state index in [9.17, 15) is 5.11 Å². The molecule has 0 heterocycles. The van der Waals surface area contributed by atoms with Crippen LogP contribution in [0.1, 0.15) is 22.8 Å². The molecule has 1 atom stereocenters. The minimum Gasteiger partial charge on any atom is -0.493 e. The van der Waals surface area contributed by atoms with Gasteiger partial charge in [0.1, 0.15) is 6.10 Å². The molecule has 100 valence electrons. The molecule has 0 spiro atoms. The Morgan fingerprint density at radius 3 is 2.26 bits per heavy atom. The van der Waals surface area contributed by atoms with Gasteiger partial charge in [0.25, 0.3) is 0 Å². The lowest BCUT2D eigenvalue weighted by Crippen LogP contribution is -2.02. The highest BCUT2D eigenvalue weighted by atomic mass is 16.5. The Kier molecular flexibility index (Phi) is 4.07. The predicted molar refractivity (Wildman–Crippen MR) is 74.8 cm³/mol. The molecule has 1 N–H and O–H groups in total. The molecule has 0 saturated heterocycles. The Morgan fingerprint density at radius 1 is 0.947 bits per heavy atom. The molecule has 2 aromatic carbocycles. The van der Waals surface area contributed by atoms with Gasteiger partial charge in [-0.1, -0.05) is 30.3 Å². The average molecular weight is 258 g/mol. The van der Waals surface area contributed by atoms with E-state index in [2.05, 4.69) is 0 Å². The van der Waals surface area contributed by atoms with E-state index in [4.69, 9.17) is 9.47 Å². The van der Waals surface area contributed by atoms with Crippen molar-refractivity contribution in [3.05, 3.63) is 59.2 Å². The molecule has 19 heavy (non-hydrogen) atoms. The summed E-state index contributed by atoms with van der Waals surface area (Å²) < 4.78 is 10.5. The zero-order valence-electron chi connectivity index (χ0n) is 11.4. The highest BCUT2D eigenvalue weighted by Crippen LogP contribution is 2.32. The second-order valence-electron chi connectivity index (χ2n) is 4.37. The number of benzene rings is 2. The van der Waals surface area contributed by atoms with Crippen LogP contribution in [0.2, 0.25) is 0 Å². The molecule has 2 aromatic rings. The van der Waals surface area contributed by atoms with Crippen LogP contribution in [0.3, 0.4) is 0 Å². The van der Waals surface area contributed by atoms with Crippen molar-refractivity contribution >= 4 is 0 Å². The summed E-state index contributed by atoms with van der Waals surface area (Å²) in [7, 11) is 3.18. The Balaban J connectivity index is 2.39. The maximum atomic E-state index is 10.5. The standard InChI is InChI=1S/C16H18O3/c1-11-6-4-5-7-13(11)16(17)12-8-9-14(18-2)15(10-12)19-3/h4-10,16-17H,1-3H3/t16-/m0/s1. The Bertz CT molecular complexity index is 564. The van der Waals surface area contributed by atoms with Gasteiger partial charge in [-0.15, -0.1) is 0 Å². The maximum absolute atomic E-state index is 10.5. The van der Waals surface area contributed by atoms with Gasteiger partial charge < -0.3 is 14.6 Å². The number of aliphatic hydroxyl groups is 1. The number of ether oxygens (including phenoxy) is 2. The van der Waals surface area contributed by atoms with Crippen molar-refractivity contribution in [2.45, 2.75) is 13.0 Å². The molecule has 0 radical (unpaired) electrons. The largest absolute Gasteiger partial charge is 0.493 e. The number of aliphatic hydroxyl groups excluding tert-OH is 1. The number of rotatable bonds is 4. The second-order valence-corrected chi connectivity index (χ2v) is 4.37. The third-order valence-corrected chi connectivity index (χ3v) is 3.21. The summed E-state index contributed by atoms with van der Waals surface area (Å²) in [5.41, 5.74) is 2.74. The SMILES string of the molecule is COc1ccc([C@H](O)c2ccccc2C)cc1OC. The van der Waals surface area contributed by atoms with Gasteiger partial charge in [0.15, 0.2) is 11.5 Å². The van der Waals surface area contributed by atoms with E-state index < -0.39 is 6.10 Å². The Morgan fingerprint density at radius 2 is 1.63 bits per heavy atom. The van der Waals surface area contributed by atoms with Crippen molar-refractivity contribution in [1.82, 2.24) is 0 Å². The van der Waals surface area contributed by atoms with Crippen LogP contribution < -0.4 is 9.47 Å². The van der Waals surface area contributed by atoms with Crippen LogP contribution in [-0.2, 0) is 0 Å². The van der Waals surface area contributed by atoms with Gasteiger partial charge in [-0.3, -0.25) is 0 Å². The van der Waals surface area contributed by atoms with Crippen molar-refractivity contribution < 1.29 is 14.6 Å². The summed E-state index contributed by atoms with van der Waals surface area (Å²) in [6, 6.07) is 13.2. The molecule has 3 nitrogen and oxygen atoms in total. The fraction of sp³-hybridized carbons (Fsp3) is 0.250. The summed E-state index contributed by atoms with van der Waals surface area (Å²) in [6.45, 7) is 1.99. The first-order chi connectivity index (χ1) is 9.17. The molecule has 0 unspecified atom stereocenters. The Labute approximate surface area is 113 Å². The van der Waals surface area contributed by atoms with Gasteiger partial charge in [0.2, 0.25) is 0 Å². The van der Waals surface area contributed by atoms with Gasteiger partial charge in [-0.05, 0) is 35.7 Å². The first kappa shape index (κ1) is 13.4. The Hall–Kier alpha value is -2.00. The lowest BCUT2D eigenvalue weighted by atomic mass is 9.97. The van der Waals surface area contributed by atoms with Crippen LogP contribution in [-0.4, -0.2) is 19.3 Å². The summed E-state index contributed by atoms with van der Waals surface area (Å²) >= 11 is 0. The minimum atomic E-state index is -0.666. The molecule has 0 amide bonds. The van der Waals surface area contributed by atoms with Crippen LogP contribution >= 0.6 is 0 Å². The summed E-state index contributed by atoms with van der Waals surface area (Å²) in [4.78, 5) is 0.